The van der Waals surface area contributed by atoms with E-state index in [1.165, 1.54) is 41.7 Å². The number of nitriles is 2. The van der Waals surface area contributed by atoms with Gasteiger partial charge >= 0.3 is 0 Å². The van der Waals surface area contributed by atoms with Crippen molar-refractivity contribution in [1.82, 2.24) is 0 Å². The lowest BCUT2D eigenvalue weighted by molar-refractivity contribution is 1.50. The van der Waals surface area contributed by atoms with Gasteiger partial charge in [-0.05, 0) is 59.3 Å². The Labute approximate surface area is 195 Å². The highest BCUT2D eigenvalue weighted by molar-refractivity contribution is 7.26. The monoisotopic (exact) mass is 450 g/mol. The standard InChI is InChI=1S/C24H10N2S2.2C2H6/c25-11-13-1-3-17-19-7-15-10-24-20(8-16(15)9-23(19)27-21(17)5-13)18-4-2-14(12-26)6-22(18)28-24;2*1-2/h1-10H;2*1-2H3. The fourth-order valence-electron chi connectivity index (χ4n) is 3.93. The molecule has 0 atom stereocenters. The van der Waals surface area contributed by atoms with Crippen molar-refractivity contribution in [2.45, 2.75) is 27.7 Å². The van der Waals surface area contributed by atoms with E-state index in [-0.39, 0.29) is 0 Å². The molecular formula is C28H22N2S2. The summed E-state index contributed by atoms with van der Waals surface area (Å²) in [6.07, 6.45) is 0. The highest BCUT2D eigenvalue weighted by atomic mass is 32.1. The Kier molecular flexibility index (Phi) is 6.10. The van der Waals surface area contributed by atoms with Crippen molar-refractivity contribution >= 4 is 73.8 Å². The minimum atomic E-state index is 0.701. The Balaban J connectivity index is 0.000000582. The van der Waals surface area contributed by atoms with Gasteiger partial charge in [-0.15, -0.1) is 22.7 Å². The predicted octanol–water partition coefficient (Wildman–Crippen LogP) is 9.37. The minimum Gasteiger partial charge on any atom is -0.192 e. The largest absolute Gasteiger partial charge is 0.192 e. The van der Waals surface area contributed by atoms with Gasteiger partial charge in [-0.1, -0.05) is 39.8 Å². The molecule has 0 saturated carbocycles. The average molecular weight is 451 g/mol. The van der Waals surface area contributed by atoms with Crippen LogP contribution in [-0.4, -0.2) is 0 Å². The second-order valence-electron chi connectivity index (χ2n) is 6.89. The molecule has 0 N–H and O–H groups in total. The van der Waals surface area contributed by atoms with E-state index in [4.69, 9.17) is 10.5 Å². The zero-order chi connectivity index (χ0) is 22.8. The fraction of sp³-hybridized carbons (Fsp3) is 0.143. The maximum Gasteiger partial charge on any atom is 0.0992 e. The van der Waals surface area contributed by atoms with Gasteiger partial charge in [0.25, 0.3) is 0 Å². The Morgan fingerprint density at radius 2 is 0.875 bits per heavy atom. The Bertz CT molecular complexity index is 1560. The van der Waals surface area contributed by atoms with Crippen LogP contribution in [-0.2, 0) is 0 Å². The quantitative estimate of drug-likeness (QED) is 0.231. The lowest BCUT2D eigenvalue weighted by Crippen LogP contribution is -1.75. The van der Waals surface area contributed by atoms with Crippen LogP contribution in [0.3, 0.4) is 0 Å². The van der Waals surface area contributed by atoms with E-state index in [1.807, 2.05) is 52.0 Å². The molecule has 6 aromatic rings. The smallest absolute Gasteiger partial charge is 0.0992 e. The molecule has 32 heavy (non-hydrogen) atoms. The molecule has 4 aromatic carbocycles. The van der Waals surface area contributed by atoms with E-state index in [1.54, 1.807) is 22.7 Å². The molecule has 0 saturated heterocycles. The summed E-state index contributed by atoms with van der Waals surface area (Å²) in [4.78, 5) is 0. The normalized spacial score (nSPS) is 10.4. The summed E-state index contributed by atoms with van der Waals surface area (Å²) in [6, 6.07) is 25.3. The molecule has 0 aliphatic carbocycles. The number of hydrogen-bond donors (Lipinski definition) is 0. The van der Waals surface area contributed by atoms with Gasteiger partial charge in [-0.3, -0.25) is 0 Å². The molecular weight excluding hydrogens is 428 g/mol. The molecule has 0 aliphatic rings. The molecule has 0 spiro atoms. The molecule has 2 nitrogen and oxygen atoms in total. The number of rotatable bonds is 0. The van der Waals surface area contributed by atoms with Gasteiger partial charge in [0.05, 0.1) is 23.3 Å². The first-order valence-corrected chi connectivity index (χ1v) is 12.4. The maximum atomic E-state index is 9.17. The molecule has 6 rings (SSSR count). The number of nitrogens with zero attached hydrogens (tertiary/aromatic N) is 2. The molecule has 0 aliphatic heterocycles. The van der Waals surface area contributed by atoms with Crippen LogP contribution >= 0.6 is 22.7 Å². The second-order valence-corrected chi connectivity index (χ2v) is 9.06. The van der Waals surface area contributed by atoms with Crippen molar-refractivity contribution in [2.75, 3.05) is 0 Å². The highest BCUT2D eigenvalue weighted by Gasteiger charge is 2.11. The van der Waals surface area contributed by atoms with Crippen LogP contribution in [0, 0.1) is 22.7 Å². The molecule has 0 radical (unpaired) electrons. The predicted molar refractivity (Wildman–Crippen MR) is 142 cm³/mol. The van der Waals surface area contributed by atoms with Crippen LogP contribution < -0.4 is 0 Å². The molecule has 0 amide bonds. The minimum absolute atomic E-state index is 0.701. The van der Waals surface area contributed by atoms with Crippen LogP contribution in [0.1, 0.15) is 38.8 Å². The van der Waals surface area contributed by atoms with E-state index in [0.717, 1.165) is 9.40 Å². The third-order valence-electron chi connectivity index (χ3n) is 5.28. The summed E-state index contributed by atoms with van der Waals surface area (Å²) in [5, 5.41) is 25.7. The Morgan fingerprint density at radius 3 is 1.25 bits per heavy atom. The van der Waals surface area contributed by atoms with E-state index < -0.39 is 0 Å². The summed E-state index contributed by atoms with van der Waals surface area (Å²) in [5.74, 6) is 0. The summed E-state index contributed by atoms with van der Waals surface area (Å²) in [6.45, 7) is 8.00. The van der Waals surface area contributed by atoms with Crippen LogP contribution in [0.4, 0.5) is 0 Å². The zero-order valence-electron chi connectivity index (χ0n) is 18.5. The first-order chi connectivity index (χ1) is 15.7. The van der Waals surface area contributed by atoms with Gasteiger partial charge in [0.2, 0.25) is 0 Å². The first-order valence-electron chi connectivity index (χ1n) is 10.8. The van der Waals surface area contributed by atoms with Gasteiger partial charge in [-0.2, -0.15) is 10.5 Å². The van der Waals surface area contributed by atoms with E-state index in [0.29, 0.717) is 11.1 Å². The molecule has 2 aromatic heterocycles. The molecule has 0 bridgehead atoms. The fourth-order valence-corrected chi connectivity index (χ4v) is 6.28. The molecule has 0 unspecified atom stereocenters. The van der Waals surface area contributed by atoms with E-state index in [9.17, 15) is 0 Å². The lowest BCUT2D eigenvalue weighted by atomic mass is 10.0. The first kappa shape index (κ1) is 21.8. The SMILES string of the molecule is CC.CC.N#Cc1ccc2c(c1)sc1cc3cc4c(cc3cc12)sc1cc(C#N)ccc14. The molecule has 4 heteroatoms. The summed E-state index contributed by atoms with van der Waals surface area (Å²) in [5.41, 5.74) is 1.40. The Hall–Kier alpha value is -3.44. The number of hydrogen-bond acceptors (Lipinski definition) is 4. The summed E-state index contributed by atoms with van der Waals surface area (Å²) >= 11 is 3.48. The van der Waals surface area contributed by atoms with Crippen molar-refractivity contribution in [3.8, 4) is 12.1 Å². The van der Waals surface area contributed by atoms with Crippen molar-refractivity contribution in [3.63, 3.8) is 0 Å². The average Bonchev–Trinajstić information content (AvgIpc) is 3.39. The van der Waals surface area contributed by atoms with Crippen LogP contribution in [0.2, 0.25) is 0 Å². The van der Waals surface area contributed by atoms with Gasteiger partial charge in [0.1, 0.15) is 0 Å². The van der Waals surface area contributed by atoms with Crippen LogP contribution in [0.5, 0.6) is 0 Å². The highest BCUT2D eigenvalue weighted by Crippen LogP contribution is 2.41. The van der Waals surface area contributed by atoms with Crippen LogP contribution in [0.25, 0.3) is 51.1 Å². The van der Waals surface area contributed by atoms with Gasteiger partial charge < -0.3 is 0 Å². The zero-order valence-corrected chi connectivity index (χ0v) is 20.1. The molecule has 0 fully saturated rings. The van der Waals surface area contributed by atoms with Crippen LogP contribution in [0.15, 0.2) is 60.7 Å². The second kappa shape index (κ2) is 8.97. The third kappa shape index (κ3) is 3.49. The molecule has 156 valence electrons. The molecule has 2 heterocycles. The number of thiophene rings is 2. The maximum absolute atomic E-state index is 9.17. The number of fused-ring (bicyclic) bond motifs is 7. The van der Waals surface area contributed by atoms with Gasteiger partial charge in [0, 0.05) is 40.3 Å². The van der Waals surface area contributed by atoms with E-state index >= 15 is 0 Å². The number of benzene rings is 4. The van der Waals surface area contributed by atoms with Crippen molar-refractivity contribution in [3.05, 3.63) is 71.8 Å². The van der Waals surface area contributed by atoms with E-state index in [2.05, 4.69) is 48.5 Å². The van der Waals surface area contributed by atoms with Crippen molar-refractivity contribution in [1.29, 1.82) is 10.5 Å². The summed E-state index contributed by atoms with van der Waals surface area (Å²) < 4.78 is 4.78. The van der Waals surface area contributed by atoms with Crippen molar-refractivity contribution < 1.29 is 0 Å². The third-order valence-corrected chi connectivity index (χ3v) is 7.51. The van der Waals surface area contributed by atoms with Gasteiger partial charge in [-0.25, -0.2) is 0 Å². The van der Waals surface area contributed by atoms with Crippen molar-refractivity contribution in [2.24, 2.45) is 0 Å². The Morgan fingerprint density at radius 1 is 0.500 bits per heavy atom. The topological polar surface area (TPSA) is 47.6 Å². The lowest BCUT2D eigenvalue weighted by Gasteiger charge is -2.01. The van der Waals surface area contributed by atoms with Gasteiger partial charge in [0.15, 0.2) is 0 Å². The summed E-state index contributed by atoms with van der Waals surface area (Å²) in [7, 11) is 0.